The summed E-state index contributed by atoms with van der Waals surface area (Å²) < 4.78 is 0. The van der Waals surface area contributed by atoms with Crippen LogP contribution in [0.1, 0.15) is 39.0 Å². The number of hydrogen-bond acceptors (Lipinski definition) is 4. The van der Waals surface area contributed by atoms with Crippen LogP contribution in [-0.2, 0) is 24.2 Å². The standard InChI is InChI=1S/C21H24N2O2S2/c1-14-7-8-18-16(9-14)10-19(27-18)21(25)23-13-26-12-17(23)20(24)22-11-15-5-3-2-4-6-15/h2-6,10,14,17H,7-9,11-13H2,1H3,(H,22,24). The van der Waals surface area contributed by atoms with Gasteiger partial charge in [-0.3, -0.25) is 9.59 Å². The number of rotatable bonds is 4. The zero-order valence-electron chi connectivity index (χ0n) is 15.4. The lowest BCUT2D eigenvalue weighted by Crippen LogP contribution is -2.46. The molecule has 1 aromatic heterocycles. The summed E-state index contributed by atoms with van der Waals surface area (Å²) in [6.45, 7) is 2.76. The Morgan fingerprint density at radius 2 is 2.07 bits per heavy atom. The fraction of sp³-hybridized carbons (Fsp3) is 0.429. The van der Waals surface area contributed by atoms with E-state index >= 15 is 0 Å². The Kier molecular flexibility index (Phi) is 5.55. The molecule has 1 saturated heterocycles. The third kappa shape index (κ3) is 4.06. The minimum absolute atomic E-state index is 0.00640. The zero-order valence-corrected chi connectivity index (χ0v) is 17.1. The minimum atomic E-state index is -0.385. The number of hydrogen-bond donors (Lipinski definition) is 1. The molecule has 2 unspecified atom stereocenters. The molecule has 6 heteroatoms. The van der Waals surface area contributed by atoms with Crippen LogP contribution in [0.25, 0.3) is 0 Å². The van der Waals surface area contributed by atoms with Crippen LogP contribution in [-0.4, -0.2) is 34.4 Å². The van der Waals surface area contributed by atoms with Crippen LogP contribution in [0.4, 0.5) is 0 Å². The fourth-order valence-electron chi connectivity index (χ4n) is 3.72. The first-order valence-electron chi connectivity index (χ1n) is 9.43. The lowest BCUT2D eigenvalue weighted by Gasteiger charge is -2.22. The second-order valence-electron chi connectivity index (χ2n) is 7.40. The number of benzene rings is 1. The maximum Gasteiger partial charge on any atom is 0.265 e. The zero-order chi connectivity index (χ0) is 18.8. The minimum Gasteiger partial charge on any atom is -0.350 e. The smallest absolute Gasteiger partial charge is 0.265 e. The Balaban J connectivity index is 1.43. The highest BCUT2D eigenvalue weighted by Gasteiger charge is 2.36. The predicted molar refractivity (Wildman–Crippen MR) is 111 cm³/mol. The molecule has 1 aliphatic carbocycles. The van der Waals surface area contributed by atoms with Gasteiger partial charge in [-0.25, -0.2) is 0 Å². The first kappa shape index (κ1) is 18.6. The first-order chi connectivity index (χ1) is 13.1. The maximum absolute atomic E-state index is 13.1. The number of thiophene rings is 1. The highest BCUT2D eigenvalue weighted by atomic mass is 32.2. The van der Waals surface area contributed by atoms with Gasteiger partial charge in [0.2, 0.25) is 5.91 Å². The molecule has 0 radical (unpaired) electrons. The summed E-state index contributed by atoms with van der Waals surface area (Å²) in [6, 6.07) is 11.5. The highest BCUT2D eigenvalue weighted by molar-refractivity contribution is 7.99. The maximum atomic E-state index is 13.1. The van der Waals surface area contributed by atoms with Gasteiger partial charge < -0.3 is 10.2 Å². The van der Waals surface area contributed by atoms with Gasteiger partial charge in [-0.2, -0.15) is 0 Å². The molecule has 142 valence electrons. The molecule has 2 aromatic rings. The number of aryl methyl sites for hydroxylation is 1. The summed E-state index contributed by atoms with van der Waals surface area (Å²) in [7, 11) is 0. The number of nitrogens with zero attached hydrogens (tertiary/aromatic N) is 1. The van der Waals surface area contributed by atoms with E-state index in [2.05, 4.69) is 18.3 Å². The van der Waals surface area contributed by atoms with Crippen molar-refractivity contribution in [2.45, 2.75) is 38.8 Å². The second kappa shape index (κ2) is 8.07. The van der Waals surface area contributed by atoms with Gasteiger partial charge in [-0.15, -0.1) is 23.1 Å². The molecule has 2 atom stereocenters. The van der Waals surface area contributed by atoms with E-state index in [0.717, 1.165) is 23.3 Å². The van der Waals surface area contributed by atoms with Crippen molar-refractivity contribution >= 4 is 34.9 Å². The van der Waals surface area contributed by atoms with E-state index < -0.39 is 0 Å². The Morgan fingerprint density at radius 3 is 2.89 bits per heavy atom. The Labute approximate surface area is 168 Å². The molecule has 0 bridgehead atoms. The van der Waals surface area contributed by atoms with E-state index in [1.165, 1.54) is 16.9 Å². The van der Waals surface area contributed by atoms with Crippen molar-refractivity contribution in [3.05, 3.63) is 57.3 Å². The molecule has 2 amide bonds. The molecular weight excluding hydrogens is 376 g/mol. The molecule has 0 spiro atoms. The summed E-state index contributed by atoms with van der Waals surface area (Å²) in [6.07, 6.45) is 3.34. The summed E-state index contributed by atoms with van der Waals surface area (Å²) in [4.78, 5) is 29.7. The molecule has 4 nitrogen and oxygen atoms in total. The van der Waals surface area contributed by atoms with Crippen molar-refractivity contribution in [3.8, 4) is 0 Å². The average molecular weight is 401 g/mol. The number of carbonyl (C=O) groups excluding carboxylic acids is 2. The summed E-state index contributed by atoms with van der Waals surface area (Å²) >= 11 is 3.27. The van der Waals surface area contributed by atoms with Gasteiger partial charge >= 0.3 is 0 Å². The number of thioether (sulfide) groups is 1. The van der Waals surface area contributed by atoms with Crippen LogP contribution in [0.5, 0.6) is 0 Å². The summed E-state index contributed by atoms with van der Waals surface area (Å²) in [5.74, 6) is 1.88. The van der Waals surface area contributed by atoms with Gasteiger partial charge in [0.25, 0.3) is 5.91 Å². The van der Waals surface area contributed by atoms with Gasteiger partial charge in [0.1, 0.15) is 6.04 Å². The van der Waals surface area contributed by atoms with Crippen molar-refractivity contribution < 1.29 is 9.59 Å². The Bertz CT molecular complexity index is 834. The van der Waals surface area contributed by atoms with Gasteiger partial charge in [-0.05, 0) is 42.4 Å². The average Bonchev–Trinajstić information content (AvgIpc) is 3.33. The molecular formula is C21H24N2O2S2. The molecule has 1 aliphatic heterocycles. The molecule has 2 aliphatic rings. The highest BCUT2D eigenvalue weighted by Crippen LogP contribution is 2.34. The topological polar surface area (TPSA) is 49.4 Å². The van der Waals surface area contributed by atoms with Crippen molar-refractivity contribution in [2.24, 2.45) is 5.92 Å². The molecule has 0 saturated carbocycles. The molecule has 1 fully saturated rings. The molecule has 1 N–H and O–H groups in total. The molecule has 27 heavy (non-hydrogen) atoms. The molecule has 4 rings (SSSR count). The second-order valence-corrected chi connectivity index (χ2v) is 9.54. The van der Waals surface area contributed by atoms with Crippen LogP contribution < -0.4 is 5.32 Å². The van der Waals surface area contributed by atoms with Gasteiger partial charge in [0.05, 0.1) is 10.8 Å². The van der Waals surface area contributed by atoms with Crippen LogP contribution in [0.15, 0.2) is 36.4 Å². The SMILES string of the molecule is CC1CCc2sc(C(=O)N3CSCC3C(=O)NCc3ccccc3)cc2C1. The normalized spacial score (nSPS) is 21.7. The van der Waals surface area contributed by atoms with E-state index in [9.17, 15) is 9.59 Å². The lowest BCUT2D eigenvalue weighted by atomic mass is 9.90. The monoisotopic (exact) mass is 400 g/mol. The van der Waals surface area contributed by atoms with Gasteiger partial charge in [-0.1, -0.05) is 37.3 Å². The largest absolute Gasteiger partial charge is 0.350 e. The molecule has 2 heterocycles. The third-order valence-electron chi connectivity index (χ3n) is 5.30. The molecule has 1 aromatic carbocycles. The van der Waals surface area contributed by atoms with Crippen LogP contribution in [0, 0.1) is 5.92 Å². The van der Waals surface area contributed by atoms with E-state index in [4.69, 9.17) is 0 Å². The van der Waals surface area contributed by atoms with E-state index in [1.807, 2.05) is 30.3 Å². The van der Waals surface area contributed by atoms with Crippen molar-refractivity contribution in [3.63, 3.8) is 0 Å². The van der Waals surface area contributed by atoms with Crippen molar-refractivity contribution in [1.29, 1.82) is 0 Å². The summed E-state index contributed by atoms with van der Waals surface area (Å²) in [5.41, 5.74) is 2.40. The van der Waals surface area contributed by atoms with E-state index in [0.29, 0.717) is 24.1 Å². The van der Waals surface area contributed by atoms with Crippen LogP contribution in [0.2, 0.25) is 0 Å². The number of amides is 2. The number of fused-ring (bicyclic) bond motifs is 1. The third-order valence-corrected chi connectivity index (χ3v) is 7.53. The van der Waals surface area contributed by atoms with Crippen molar-refractivity contribution in [2.75, 3.05) is 11.6 Å². The van der Waals surface area contributed by atoms with Gasteiger partial charge in [0.15, 0.2) is 0 Å². The first-order valence-corrected chi connectivity index (χ1v) is 11.4. The van der Waals surface area contributed by atoms with Crippen molar-refractivity contribution in [1.82, 2.24) is 10.2 Å². The van der Waals surface area contributed by atoms with Crippen LogP contribution >= 0.6 is 23.1 Å². The predicted octanol–water partition coefficient (Wildman–Crippen LogP) is 3.70. The fourth-order valence-corrected chi connectivity index (χ4v) is 6.03. The Hall–Kier alpha value is -1.79. The Morgan fingerprint density at radius 1 is 1.26 bits per heavy atom. The number of carbonyl (C=O) groups is 2. The van der Waals surface area contributed by atoms with Gasteiger partial charge in [0, 0.05) is 17.2 Å². The summed E-state index contributed by atoms with van der Waals surface area (Å²) in [5, 5.41) is 2.99. The quantitative estimate of drug-likeness (QED) is 0.851. The number of nitrogens with one attached hydrogen (secondary N) is 1. The lowest BCUT2D eigenvalue weighted by molar-refractivity contribution is -0.124. The van der Waals surface area contributed by atoms with E-state index in [-0.39, 0.29) is 17.9 Å². The van der Waals surface area contributed by atoms with Crippen LogP contribution in [0.3, 0.4) is 0 Å². The van der Waals surface area contributed by atoms with E-state index in [1.54, 1.807) is 28.0 Å².